The van der Waals surface area contributed by atoms with Crippen LogP contribution in [-0.4, -0.2) is 24.4 Å². The van der Waals surface area contributed by atoms with Crippen LogP contribution in [0, 0.1) is 5.41 Å². The fraction of sp³-hybridized carbons (Fsp3) is 0.778. The number of hydrogen-bond donors (Lipinski definition) is 1. The monoisotopic (exact) mass is 156 g/mol. The number of aliphatic hydroxyl groups excluding tert-OH is 1. The normalized spacial score (nSPS) is 35.6. The Morgan fingerprint density at radius 3 is 2.55 bits per heavy atom. The summed E-state index contributed by atoms with van der Waals surface area (Å²) in [5.74, 6) is 0. The molecule has 1 aliphatic rings. The molecule has 1 rings (SSSR count). The standard InChI is InChI=1S/C9H16O2/c1-9(2)6-7(10)4-5-8(9)11-3/h4-5,7-8,10H,6H2,1-3H3/t7-,8+/m0/s1. The summed E-state index contributed by atoms with van der Waals surface area (Å²) in [6.45, 7) is 4.21. The smallest absolute Gasteiger partial charge is 0.0804 e. The minimum atomic E-state index is -0.295. The highest BCUT2D eigenvalue weighted by Crippen LogP contribution is 2.33. The zero-order valence-electron chi connectivity index (χ0n) is 7.37. The Bertz CT molecular complexity index is 161. The van der Waals surface area contributed by atoms with E-state index in [1.54, 1.807) is 13.2 Å². The van der Waals surface area contributed by atoms with Crippen LogP contribution < -0.4 is 0 Å². The lowest BCUT2D eigenvalue weighted by molar-refractivity contribution is 0.00553. The largest absolute Gasteiger partial charge is 0.389 e. The highest BCUT2D eigenvalue weighted by atomic mass is 16.5. The van der Waals surface area contributed by atoms with Crippen LogP contribution in [-0.2, 0) is 4.74 Å². The molecule has 1 N–H and O–H groups in total. The van der Waals surface area contributed by atoms with Gasteiger partial charge in [0, 0.05) is 7.11 Å². The van der Waals surface area contributed by atoms with Gasteiger partial charge in [-0.2, -0.15) is 0 Å². The Labute approximate surface area is 67.9 Å². The van der Waals surface area contributed by atoms with Crippen molar-refractivity contribution in [2.45, 2.75) is 32.5 Å². The molecule has 0 saturated heterocycles. The van der Waals surface area contributed by atoms with E-state index in [1.165, 1.54) is 0 Å². The maximum absolute atomic E-state index is 9.32. The minimum absolute atomic E-state index is 0.0584. The lowest BCUT2D eigenvalue weighted by atomic mass is 9.77. The molecule has 0 aromatic carbocycles. The Hall–Kier alpha value is -0.340. The first-order valence-corrected chi connectivity index (χ1v) is 3.95. The van der Waals surface area contributed by atoms with Crippen LogP contribution in [0.1, 0.15) is 20.3 Å². The first-order chi connectivity index (χ1) is 5.06. The summed E-state index contributed by atoms with van der Waals surface area (Å²) in [5.41, 5.74) is 0.0584. The van der Waals surface area contributed by atoms with Gasteiger partial charge in [0.2, 0.25) is 0 Å². The van der Waals surface area contributed by atoms with Gasteiger partial charge >= 0.3 is 0 Å². The number of ether oxygens (including phenoxy) is 1. The van der Waals surface area contributed by atoms with Gasteiger partial charge in [-0.15, -0.1) is 0 Å². The van der Waals surface area contributed by atoms with Crippen molar-refractivity contribution >= 4 is 0 Å². The Kier molecular flexibility index (Phi) is 2.35. The second-order valence-corrected chi connectivity index (χ2v) is 3.80. The van der Waals surface area contributed by atoms with E-state index in [2.05, 4.69) is 13.8 Å². The van der Waals surface area contributed by atoms with E-state index in [-0.39, 0.29) is 17.6 Å². The van der Waals surface area contributed by atoms with Crippen molar-refractivity contribution < 1.29 is 9.84 Å². The summed E-state index contributed by atoms with van der Waals surface area (Å²) in [4.78, 5) is 0. The van der Waals surface area contributed by atoms with Crippen molar-refractivity contribution in [2.24, 2.45) is 5.41 Å². The van der Waals surface area contributed by atoms with Gasteiger partial charge in [0.15, 0.2) is 0 Å². The molecular formula is C9H16O2. The van der Waals surface area contributed by atoms with E-state index in [0.717, 1.165) is 6.42 Å². The van der Waals surface area contributed by atoms with Crippen LogP contribution in [0.15, 0.2) is 12.2 Å². The molecule has 2 heteroatoms. The Balaban J connectivity index is 2.72. The summed E-state index contributed by atoms with van der Waals surface area (Å²) in [5, 5.41) is 9.32. The SMILES string of the molecule is CO[C@@H]1C=C[C@H](O)CC1(C)C. The van der Waals surface area contributed by atoms with Crippen molar-refractivity contribution in [3.05, 3.63) is 12.2 Å². The molecule has 0 fully saturated rings. The number of aliphatic hydroxyl groups is 1. The molecule has 0 aliphatic heterocycles. The molecule has 64 valence electrons. The number of methoxy groups -OCH3 is 1. The van der Waals surface area contributed by atoms with Crippen molar-refractivity contribution in [3.8, 4) is 0 Å². The molecule has 11 heavy (non-hydrogen) atoms. The fourth-order valence-electron chi connectivity index (χ4n) is 1.61. The number of rotatable bonds is 1. The van der Waals surface area contributed by atoms with Gasteiger partial charge in [-0.3, -0.25) is 0 Å². The molecule has 0 heterocycles. The third kappa shape index (κ3) is 1.82. The van der Waals surface area contributed by atoms with Crippen LogP contribution in [0.25, 0.3) is 0 Å². The van der Waals surface area contributed by atoms with Crippen LogP contribution >= 0.6 is 0 Å². The lowest BCUT2D eigenvalue weighted by Crippen LogP contribution is -2.36. The molecule has 0 unspecified atom stereocenters. The van der Waals surface area contributed by atoms with E-state index in [0.29, 0.717) is 0 Å². The lowest BCUT2D eigenvalue weighted by Gasteiger charge is -2.35. The summed E-state index contributed by atoms with van der Waals surface area (Å²) in [6, 6.07) is 0. The predicted molar refractivity (Wildman–Crippen MR) is 44.3 cm³/mol. The second kappa shape index (κ2) is 2.95. The third-order valence-electron chi connectivity index (χ3n) is 2.27. The topological polar surface area (TPSA) is 29.5 Å². The minimum Gasteiger partial charge on any atom is -0.389 e. The van der Waals surface area contributed by atoms with Crippen LogP contribution in [0.3, 0.4) is 0 Å². The van der Waals surface area contributed by atoms with Crippen LogP contribution in [0.5, 0.6) is 0 Å². The third-order valence-corrected chi connectivity index (χ3v) is 2.27. The maximum atomic E-state index is 9.32. The Morgan fingerprint density at radius 2 is 2.09 bits per heavy atom. The summed E-state index contributed by atoms with van der Waals surface area (Å²) < 4.78 is 5.26. The molecule has 0 spiro atoms. The molecule has 0 aromatic heterocycles. The molecule has 2 atom stereocenters. The first kappa shape index (κ1) is 8.75. The highest BCUT2D eigenvalue weighted by Gasteiger charge is 2.32. The average molecular weight is 156 g/mol. The van der Waals surface area contributed by atoms with E-state index in [9.17, 15) is 5.11 Å². The molecule has 0 amide bonds. The predicted octanol–water partition coefficient (Wildman–Crippen LogP) is 1.35. The van der Waals surface area contributed by atoms with Crippen molar-refractivity contribution in [1.29, 1.82) is 0 Å². The van der Waals surface area contributed by atoms with Gasteiger partial charge in [0.25, 0.3) is 0 Å². The van der Waals surface area contributed by atoms with Crippen molar-refractivity contribution in [3.63, 3.8) is 0 Å². The van der Waals surface area contributed by atoms with Gasteiger partial charge in [-0.05, 0) is 11.8 Å². The molecule has 0 saturated carbocycles. The van der Waals surface area contributed by atoms with E-state index in [1.807, 2.05) is 6.08 Å². The second-order valence-electron chi connectivity index (χ2n) is 3.80. The van der Waals surface area contributed by atoms with Crippen LogP contribution in [0.4, 0.5) is 0 Å². The Morgan fingerprint density at radius 1 is 1.45 bits per heavy atom. The van der Waals surface area contributed by atoms with E-state index in [4.69, 9.17) is 4.74 Å². The van der Waals surface area contributed by atoms with Gasteiger partial charge in [0.1, 0.15) is 0 Å². The highest BCUT2D eigenvalue weighted by molar-refractivity contribution is 5.06. The molecule has 0 radical (unpaired) electrons. The van der Waals surface area contributed by atoms with E-state index < -0.39 is 0 Å². The molecule has 0 bridgehead atoms. The van der Waals surface area contributed by atoms with Gasteiger partial charge in [0.05, 0.1) is 12.2 Å². The van der Waals surface area contributed by atoms with Gasteiger partial charge < -0.3 is 9.84 Å². The quantitative estimate of drug-likeness (QED) is 0.581. The first-order valence-electron chi connectivity index (χ1n) is 3.95. The summed E-state index contributed by atoms with van der Waals surface area (Å²) in [7, 11) is 1.70. The average Bonchev–Trinajstić information content (AvgIpc) is 1.85. The molecule has 2 nitrogen and oxygen atoms in total. The fourth-order valence-corrected chi connectivity index (χ4v) is 1.61. The van der Waals surface area contributed by atoms with Gasteiger partial charge in [-0.25, -0.2) is 0 Å². The zero-order chi connectivity index (χ0) is 8.48. The van der Waals surface area contributed by atoms with Crippen molar-refractivity contribution in [1.82, 2.24) is 0 Å². The summed E-state index contributed by atoms with van der Waals surface area (Å²) >= 11 is 0. The molecular weight excluding hydrogens is 140 g/mol. The molecule has 1 aliphatic carbocycles. The maximum Gasteiger partial charge on any atom is 0.0804 e. The van der Waals surface area contributed by atoms with Gasteiger partial charge in [-0.1, -0.05) is 26.0 Å². The van der Waals surface area contributed by atoms with Crippen molar-refractivity contribution in [2.75, 3.05) is 7.11 Å². The number of hydrogen-bond acceptors (Lipinski definition) is 2. The van der Waals surface area contributed by atoms with Crippen LogP contribution in [0.2, 0.25) is 0 Å². The molecule has 0 aromatic rings. The zero-order valence-corrected chi connectivity index (χ0v) is 7.37. The summed E-state index contributed by atoms with van der Waals surface area (Å²) in [6.07, 6.45) is 4.37. The van der Waals surface area contributed by atoms with E-state index >= 15 is 0 Å².